The Hall–Kier alpha value is -1.86. The summed E-state index contributed by atoms with van der Waals surface area (Å²) in [7, 11) is 1.93. The summed E-state index contributed by atoms with van der Waals surface area (Å²) in [5, 5.41) is 11.6. The number of likely N-dealkylation sites (N-methyl/N-ethyl adjacent to an activating group) is 1. The van der Waals surface area contributed by atoms with Gasteiger partial charge in [-0.05, 0) is 30.7 Å². The van der Waals surface area contributed by atoms with Crippen molar-refractivity contribution in [2.75, 3.05) is 25.5 Å². The van der Waals surface area contributed by atoms with E-state index in [-0.39, 0.29) is 11.3 Å². The molecule has 0 aliphatic rings. The first kappa shape index (κ1) is 15.2. The van der Waals surface area contributed by atoms with Crippen LogP contribution in [-0.4, -0.2) is 30.9 Å². The lowest BCUT2D eigenvalue weighted by molar-refractivity contribution is -0.117. The minimum absolute atomic E-state index is 0.0677. The van der Waals surface area contributed by atoms with Crippen LogP contribution in [0.3, 0.4) is 0 Å². The molecular weight excluding hydrogens is 238 g/mol. The Morgan fingerprint density at radius 1 is 1.42 bits per heavy atom. The number of amides is 1. The second-order valence-corrected chi connectivity index (χ2v) is 5.97. The van der Waals surface area contributed by atoms with Crippen molar-refractivity contribution in [1.29, 1.82) is 5.26 Å². The Bertz CT molecular complexity index is 483. The summed E-state index contributed by atoms with van der Waals surface area (Å²) >= 11 is 0. The average Bonchev–Trinajstić information content (AvgIpc) is 2.26. The minimum atomic E-state index is -0.0677. The maximum atomic E-state index is 11.9. The van der Waals surface area contributed by atoms with Gasteiger partial charge in [0.1, 0.15) is 0 Å². The molecule has 0 saturated carbocycles. The molecule has 1 aromatic carbocycles. The standard InChI is InChI=1S/C15H21N3O/c1-15(2,3)11-18(4)10-14(19)17-13-7-5-6-12(8-13)9-16/h5-8H,10-11H2,1-4H3,(H,17,19). The SMILES string of the molecule is CN(CC(=O)Nc1cccc(C#N)c1)CC(C)(C)C. The number of hydrogen-bond acceptors (Lipinski definition) is 3. The number of carbonyl (C=O) groups is 1. The van der Waals surface area contributed by atoms with E-state index in [0.29, 0.717) is 17.8 Å². The van der Waals surface area contributed by atoms with Gasteiger partial charge >= 0.3 is 0 Å². The molecule has 19 heavy (non-hydrogen) atoms. The number of nitrogens with zero attached hydrogens (tertiary/aromatic N) is 2. The van der Waals surface area contributed by atoms with Gasteiger partial charge in [-0.3, -0.25) is 9.69 Å². The van der Waals surface area contributed by atoms with Crippen molar-refractivity contribution >= 4 is 11.6 Å². The first-order chi connectivity index (χ1) is 8.80. The number of nitrogens with one attached hydrogen (secondary N) is 1. The third kappa shape index (κ3) is 6.03. The highest BCUT2D eigenvalue weighted by molar-refractivity contribution is 5.92. The van der Waals surface area contributed by atoms with Gasteiger partial charge in [0.15, 0.2) is 0 Å². The molecule has 0 aromatic heterocycles. The Kier molecular flexibility index (Phi) is 5.08. The summed E-state index contributed by atoms with van der Waals surface area (Å²) in [5.74, 6) is -0.0677. The van der Waals surface area contributed by atoms with E-state index >= 15 is 0 Å². The van der Waals surface area contributed by atoms with Crippen LogP contribution in [0.4, 0.5) is 5.69 Å². The molecule has 1 amide bonds. The van der Waals surface area contributed by atoms with Gasteiger partial charge in [0.05, 0.1) is 18.2 Å². The number of rotatable bonds is 4. The molecule has 0 radical (unpaired) electrons. The van der Waals surface area contributed by atoms with Crippen molar-refractivity contribution in [3.05, 3.63) is 29.8 Å². The largest absolute Gasteiger partial charge is 0.325 e. The molecule has 1 N–H and O–H groups in total. The van der Waals surface area contributed by atoms with E-state index < -0.39 is 0 Å². The van der Waals surface area contributed by atoms with Crippen LogP contribution in [0.25, 0.3) is 0 Å². The molecule has 0 atom stereocenters. The Balaban J connectivity index is 2.53. The van der Waals surface area contributed by atoms with Crippen LogP contribution in [-0.2, 0) is 4.79 Å². The van der Waals surface area contributed by atoms with Gasteiger partial charge in [-0.1, -0.05) is 26.8 Å². The van der Waals surface area contributed by atoms with Crippen LogP contribution >= 0.6 is 0 Å². The summed E-state index contributed by atoms with van der Waals surface area (Å²) in [6.45, 7) is 7.60. The number of hydrogen-bond donors (Lipinski definition) is 1. The monoisotopic (exact) mass is 259 g/mol. The van der Waals surface area contributed by atoms with E-state index in [1.165, 1.54) is 0 Å². The summed E-state index contributed by atoms with van der Waals surface area (Å²) in [6, 6.07) is 8.97. The lowest BCUT2D eigenvalue weighted by Crippen LogP contribution is -2.35. The molecular formula is C15H21N3O. The van der Waals surface area contributed by atoms with E-state index in [1.807, 2.05) is 11.9 Å². The van der Waals surface area contributed by atoms with Crippen LogP contribution in [0.5, 0.6) is 0 Å². The van der Waals surface area contributed by atoms with Crippen LogP contribution in [0.2, 0.25) is 0 Å². The van der Waals surface area contributed by atoms with Crippen molar-refractivity contribution in [3.8, 4) is 6.07 Å². The number of carbonyl (C=O) groups excluding carboxylic acids is 1. The fourth-order valence-corrected chi connectivity index (χ4v) is 1.98. The summed E-state index contributed by atoms with van der Waals surface area (Å²) < 4.78 is 0. The zero-order valence-electron chi connectivity index (χ0n) is 12.0. The second kappa shape index (κ2) is 6.35. The Morgan fingerprint density at radius 2 is 2.11 bits per heavy atom. The Morgan fingerprint density at radius 3 is 2.68 bits per heavy atom. The minimum Gasteiger partial charge on any atom is -0.325 e. The van der Waals surface area contributed by atoms with E-state index in [4.69, 9.17) is 5.26 Å². The molecule has 1 aromatic rings. The van der Waals surface area contributed by atoms with E-state index in [1.54, 1.807) is 24.3 Å². The van der Waals surface area contributed by atoms with E-state index in [9.17, 15) is 4.79 Å². The van der Waals surface area contributed by atoms with Crippen LogP contribution in [0, 0.1) is 16.7 Å². The van der Waals surface area contributed by atoms with Crippen molar-refractivity contribution in [3.63, 3.8) is 0 Å². The first-order valence-electron chi connectivity index (χ1n) is 6.29. The average molecular weight is 259 g/mol. The fourth-order valence-electron chi connectivity index (χ4n) is 1.98. The van der Waals surface area contributed by atoms with Gasteiger partial charge < -0.3 is 5.32 Å². The van der Waals surface area contributed by atoms with Crippen LogP contribution in [0.1, 0.15) is 26.3 Å². The van der Waals surface area contributed by atoms with E-state index in [2.05, 4.69) is 32.2 Å². The normalized spacial score (nSPS) is 11.2. The maximum Gasteiger partial charge on any atom is 0.238 e. The molecule has 0 heterocycles. The molecule has 1 rings (SSSR count). The van der Waals surface area contributed by atoms with Crippen LogP contribution < -0.4 is 5.32 Å². The van der Waals surface area contributed by atoms with E-state index in [0.717, 1.165) is 6.54 Å². The van der Waals surface area contributed by atoms with Crippen molar-refractivity contribution < 1.29 is 4.79 Å². The highest BCUT2D eigenvalue weighted by Gasteiger charge is 2.15. The molecule has 0 saturated heterocycles. The molecule has 0 bridgehead atoms. The fraction of sp³-hybridized carbons (Fsp3) is 0.467. The van der Waals surface area contributed by atoms with Crippen molar-refractivity contribution in [1.82, 2.24) is 4.90 Å². The third-order valence-corrected chi connectivity index (χ3v) is 2.43. The lowest BCUT2D eigenvalue weighted by atomic mass is 9.96. The third-order valence-electron chi connectivity index (χ3n) is 2.43. The molecule has 0 aliphatic heterocycles. The van der Waals surface area contributed by atoms with Crippen LogP contribution in [0.15, 0.2) is 24.3 Å². The number of anilines is 1. The zero-order chi connectivity index (χ0) is 14.5. The van der Waals surface area contributed by atoms with Gasteiger partial charge in [-0.2, -0.15) is 5.26 Å². The summed E-state index contributed by atoms with van der Waals surface area (Å²) in [5.41, 5.74) is 1.37. The summed E-state index contributed by atoms with van der Waals surface area (Å²) in [6.07, 6.45) is 0. The van der Waals surface area contributed by atoms with Gasteiger partial charge in [0, 0.05) is 12.2 Å². The van der Waals surface area contributed by atoms with Gasteiger partial charge in [-0.25, -0.2) is 0 Å². The lowest BCUT2D eigenvalue weighted by Gasteiger charge is -2.25. The quantitative estimate of drug-likeness (QED) is 0.903. The molecule has 4 nitrogen and oxygen atoms in total. The predicted molar refractivity (Wildman–Crippen MR) is 76.7 cm³/mol. The smallest absolute Gasteiger partial charge is 0.238 e. The van der Waals surface area contributed by atoms with Gasteiger partial charge in [0.25, 0.3) is 0 Å². The molecule has 0 fully saturated rings. The highest BCUT2D eigenvalue weighted by atomic mass is 16.2. The summed E-state index contributed by atoms with van der Waals surface area (Å²) in [4.78, 5) is 13.9. The topological polar surface area (TPSA) is 56.1 Å². The van der Waals surface area contributed by atoms with Crippen molar-refractivity contribution in [2.45, 2.75) is 20.8 Å². The van der Waals surface area contributed by atoms with Crippen molar-refractivity contribution in [2.24, 2.45) is 5.41 Å². The molecule has 0 spiro atoms. The molecule has 0 aliphatic carbocycles. The zero-order valence-corrected chi connectivity index (χ0v) is 12.0. The second-order valence-electron chi connectivity index (χ2n) is 5.97. The highest BCUT2D eigenvalue weighted by Crippen LogP contribution is 2.14. The Labute approximate surface area is 115 Å². The molecule has 4 heteroatoms. The van der Waals surface area contributed by atoms with Gasteiger partial charge in [-0.15, -0.1) is 0 Å². The first-order valence-corrected chi connectivity index (χ1v) is 6.29. The van der Waals surface area contributed by atoms with Gasteiger partial charge in [0.2, 0.25) is 5.91 Å². The maximum absolute atomic E-state index is 11.9. The predicted octanol–water partition coefficient (Wildman–Crippen LogP) is 2.47. The number of benzene rings is 1. The number of nitriles is 1. The molecule has 102 valence electrons. The molecule has 0 unspecified atom stereocenters.